The van der Waals surface area contributed by atoms with Crippen molar-refractivity contribution in [1.29, 1.82) is 0 Å². The maximum atomic E-state index is 11.6. The predicted molar refractivity (Wildman–Crippen MR) is 56.2 cm³/mol. The quantitative estimate of drug-likeness (QED) is 0.699. The van der Waals surface area contributed by atoms with Gasteiger partial charge in [0.05, 0.1) is 18.3 Å². The number of likely N-dealkylation sites (N-methyl/N-ethyl adjacent to an activating group) is 1. The number of hydrogen-bond acceptors (Lipinski definition) is 5. The molecule has 0 fully saturated rings. The van der Waals surface area contributed by atoms with Crippen LogP contribution in [0.15, 0.2) is 18.6 Å². The largest absolute Gasteiger partial charge is 0.390 e. The standard InChI is InChI=1S/C10H15N3O3/c1-7(14)9(15)10(16)13(2)5-8-3-4-11-6-12-8/h3-4,6-7,9,14-15H,5H2,1-2H3/t7?,9-/m1/s1. The number of aliphatic hydroxyl groups is 2. The van der Waals surface area contributed by atoms with Crippen molar-refractivity contribution in [2.45, 2.75) is 25.7 Å². The SMILES string of the molecule is CC(O)[C@@H](O)C(=O)N(C)Cc1ccncn1. The molecule has 2 N–H and O–H groups in total. The first-order valence-electron chi connectivity index (χ1n) is 4.88. The van der Waals surface area contributed by atoms with E-state index in [0.29, 0.717) is 5.69 Å². The van der Waals surface area contributed by atoms with Gasteiger partial charge in [0.25, 0.3) is 5.91 Å². The van der Waals surface area contributed by atoms with Crippen LogP contribution in [0, 0.1) is 0 Å². The highest BCUT2D eigenvalue weighted by Crippen LogP contribution is 2.02. The number of nitrogens with zero attached hydrogens (tertiary/aromatic N) is 3. The van der Waals surface area contributed by atoms with Crippen LogP contribution in [-0.4, -0.2) is 50.2 Å². The Hall–Kier alpha value is -1.53. The number of amides is 1. The second-order valence-electron chi connectivity index (χ2n) is 3.58. The van der Waals surface area contributed by atoms with E-state index in [1.54, 1.807) is 12.3 Å². The molecule has 1 heterocycles. The van der Waals surface area contributed by atoms with Gasteiger partial charge < -0.3 is 15.1 Å². The summed E-state index contributed by atoms with van der Waals surface area (Å²) in [5, 5.41) is 18.5. The summed E-state index contributed by atoms with van der Waals surface area (Å²) >= 11 is 0. The van der Waals surface area contributed by atoms with Crippen LogP contribution in [-0.2, 0) is 11.3 Å². The smallest absolute Gasteiger partial charge is 0.254 e. The lowest BCUT2D eigenvalue weighted by atomic mass is 10.2. The Labute approximate surface area is 93.6 Å². The molecule has 0 radical (unpaired) electrons. The van der Waals surface area contributed by atoms with Crippen LogP contribution in [0.2, 0.25) is 0 Å². The summed E-state index contributed by atoms with van der Waals surface area (Å²) < 4.78 is 0. The van der Waals surface area contributed by atoms with Gasteiger partial charge in [-0.15, -0.1) is 0 Å². The molecule has 0 spiro atoms. The van der Waals surface area contributed by atoms with Gasteiger partial charge in [0, 0.05) is 13.2 Å². The summed E-state index contributed by atoms with van der Waals surface area (Å²) in [7, 11) is 1.54. The van der Waals surface area contributed by atoms with Crippen LogP contribution < -0.4 is 0 Å². The Morgan fingerprint density at radius 1 is 1.56 bits per heavy atom. The molecule has 0 bridgehead atoms. The number of aliphatic hydroxyl groups excluding tert-OH is 2. The third-order valence-electron chi connectivity index (χ3n) is 2.13. The zero-order valence-electron chi connectivity index (χ0n) is 9.24. The van der Waals surface area contributed by atoms with Crippen molar-refractivity contribution >= 4 is 5.91 Å². The maximum absolute atomic E-state index is 11.6. The highest BCUT2D eigenvalue weighted by Gasteiger charge is 2.23. The van der Waals surface area contributed by atoms with Gasteiger partial charge in [-0.2, -0.15) is 0 Å². The molecule has 0 aromatic carbocycles. The van der Waals surface area contributed by atoms with E-state index < -0.39 is 18.1 Å². The number of rotatable bonds is 4. The van der Waals surface area contributed by atoms with Crippen molar-refractivity contribution in [3.8, 4) is 0 Å². The van der Waals surface area contributed by atoms with E-state index in [-0.39, 0.29) is 6.54 Å². The molecule has 1 aromatic heterocycles. The Bertz CT molecular complexity index is 342. The van der Waals surface area contributed by atoms with Crippen molar-refractivity contribution in [1.82, 2.24) is 14.9 Å². The molecule has 0 aliphatic heterocycles. The zero-order chi connectivity index (χ0) is 12.1. The molecule has 1 rings (SSSR count). The second kappa shape index (κ2) is 5.53. The lowest BCUT2D eigenvalue weighted by Crippen LogP contribution is -2.41. The topological polar surface area (TPSA) is 86.5 Å². The van der Waals surface area contributed by atoms with Gasteiger partial charge in [-0.25, -0.2) is 9.97 Å². The highest BCUT2D eigenvalue weighted by molar-refractivity contribution is 5.80. The van der Waals surface area contributed by atoms with E-state index in [1.807, 2.05) is 0 Å². The molecule has 6 nitrogen and oxygen atoms in total. The average molecular weight is 225 g/mol. The van der Waals surface area contributed by atoms with E-state index in [1.165, 1.54) is 25.2 Å². The number of aromatic nitrogens is 2. The molecule has 0 saturated heterocycles. The van der Waals surface area contributed by atoms with Gasteiger partial charge in [-0.3, -0.25) is 4.79 Å². The molecule has 88 valence electrons. The molecule has 0 saturated carbocycles. The highest BCUT2D eigenvalue weighted by atomic mass is 16.3. The van der Waals surface area contributed by atoms with Crippen LogP contribution in [0.4, 0.5) is 0 Å². The van der Waals surface area contributed by atoms with Gasteiger partial charge in [0.15, 0.2) is 6.10 Å². The Balaban J connectivity index is 2.59. The summed E-state index contributed by atoms with van der Waals surface area (Å²) in [5.74, 6) is -0.534. The van der Waals surface area contributed by atoms with Crippen LogP contribution in [0.1, 0.15) is 12.6 Å². The first kappa shape index (κ1) is 12.5. The van der Waals surface area contributed by atoms with Gasteiger partial charge in [0.1, 0.15) is 6.33 Å². The summed E-state index contributed by atoms with van der Waals surface area (Å²) in [5.41, 5.74) is 0.670. The number of carbonyl (C=O) groups is 1. The van der Waals surface area contributed by atoms with Gasteiger partial charge in [-0.05, 0) is 13.0 Å². The Morgan fingerprint density at radius 3 is 2.75 bits per heavy atom. The van der Waals surface area contributed by atoms with Crippen molar-refractivity contribution in [2.24, 2.45) is 0 Å². The number of hydrogen-bond donors (Lipinski definition) is 2. The monoisotopic (exact) mass is 225 g/mol. The molecule has 6 heteroatoms. The second-order valence-corrected chi connectivity index (χ2v) is 3.58. The van der Waals surface area contributed by atoms with E-state index in [4.69, 9.17) is 5.11 Å². The Kier molecular flexibility index (Phi) is 4.33. The van der Waals surface area contributed by atoms with E-state index in [9.17, 15) is 9.90 Å². The summed E-state index contributed by atoms with van der Waals surface area (Å²) in [6, 6.07) is 1.68. The van der Waals surface area contributed by atoms with Gasteiger partial charge >= 0.3 is 0 Å². The van der Waals surface area contributed by atoms with Crippen molar-refractivity contribution < 1.29 is 15.0 Å². The lowest BCUT2D eigenvalue weighted by Gasteiger charge is -2.21. The minimum Gasteiger partial charge on any atom is -0.390 e. The number of carbonyl (C=O) groups excluding carboxylic acids is 1. The predicted octanol–water partition coefficient (Wildman–Crippen LogP) is -0.823. The molecule has 0 aliphatic rings. The van der Waals surface area contributed by atoms with Gasteiger partial charge in [-0.1, -0.05) is 0 Å². The third kappa shape index (κ3) is 3.25. The van der Waals surface area contributed by atoms with E-state index in [0.717, 1.165) is 0 Å². The minimum absolute atomic E-state index is 0.269. The van der Waals surface area contributed by atoms with Crippen LogP contribution in [0.5, 0.6) is 0 Å². The maximum Gasteiger partial charge on any atom is 0.254 e. The Morgan fingerprint density at radius 2 is 2.25 bits per heavy atom. The van der Waals surface area contributed by atoms with E-state index in [2.05, 4.69) is 9.97 Å². The first-order valence-corrected chi connectivity index (χ1v) is 4.88. The van der Waals surface area contributed by atoms with Crippen molar-refractivity contribution in [2.75, 3.05) is 7.05 Å². The normalized spacial score (nSPS) is 14.2. The lowest BCUT2D eigenvalue weighted by molar-refractivity contribution is -0.144. The molecule has 1 aromatic rings. The van der Waals surface area contributed by atoms with E-state index >= 15 is 0 Å². The summed E-state index contributed by atoms with van der Waals surface area (Å²) in [6.07, 6.45) is 0.483. The fourth-order valence-corrected chi connectivity index (χ4v) is 1.16. The molecule has 2 atom stereocenters. The summed E-state index contributed by atoms with van der Waals surface area (Å²) in [6.45, 7) is 1.63. The van der Waals surface area contributed by atoms with Crippen LogP contribution in [0.3, 0.4) is 0 Å². The molecule has 0 aliphatic carbocycles. The molecule has 16 heavy (non-hydrogen) atoms. The third-order valence-corrected chi connectivity index (χ3v) is 2.13. The van der Waals surface area contributed by atoms with Crippen molar-refractivity contribution in [3.63, 3.8) is 0 Å². The molecule has 1 unspecified atom stereocenters. The zero-order valence-corrected chi connectivity index (χ0v) is 9.24. The molecular weight excluding hydrogens is 210 g/mol. The fraction of sp³-hybridized carbons (Fsp3) is 0.500. The molecule has 1 amide bonds. The van der Waals surface area contributed by atoms with Crippen LogP contribution in [0.25, 0.3) is 0 Å². The first-order chi connectivity index (χ1) is 7.52. The fourth-order valence-electron chi connectivity index (χ4n) is 1.16. The van der Waals surface area contributed by atoms with Gasteiger partial charge in [0.2, 0.25) is 0 Å². The van der Waals surface area contributed by atoms with Crippen molar-refractivity contribution in [3.05, 3.63) is 24.3 Å². The minimum atomic E-state index is -1.40. The molecular formula is C10H15N3O3. The van der Waals surface area contributed by atoms with Crippen LogP contribution >= 0.6 is 0 Å². The average Bonchev–Trinajstić information content (AvgIpc) is 2.28. The summed E-state index contributed by atoms with van der Waals surface area (Å²) in [4.78, 5) is 20.6.